The number of fused-ring (bicyclic) bond motifs is 1. The predicted molar refractivity (Wildman–Crippen MR) is 141 cm³/mol. The van der Waals surface area contributed by atoms with Crippen LogP contribution in [0.25, 0.3) is 11.2 Å². The molecule has 1 radical (unpaired) electrons. The van der Waals surface area contributed by atoms with Crippen LogP contribution < -0.4 is 5.69 Å². The third-order valence-corrected chi connectivity index (χ3v) is 7.83. The Bertz CT molecular complexity index is 1540. The Hall–Kier alpha value is -3.35. The van der Waals surface area contributed by atoms with Crippen LogP contribution in [-0.2, 0) is 27.6 Å². The first-order chi connectivity index (χ1) is 19.0. The first kappa shape index (κ1) is 26.9. The second-order valence-corrected chi connectivity index (χ2v) is 11.1. The number of rotatable bonds is 6. The fourth-order valence-corrected chi connectivity index (χ4v) is 5.89. The number of aromatic nitrogens is 2. The molecule has 9 nitrogen and oxygen atoms in total. The number of imidazole rings is 1. The molecule has 0 spiro atoms. The molecule has 211 valence electrons. The van der Waals surface area contributed by atoms with Gasteiger partial charge >= 0.3 is 24.4 Å². The summed E-state index contributed by atoms with van der Waals surface area (Å²) >= 11 is 0. The van der Waals surface area contributed by atoms with Crippen LogP contribution in [0.2, 0.25) is 0 Å². The Morgan fingerprint density at radius 1 is 1.12 bits per heavy atom. The summed E-state index contributed by atoms with van der Waals surface area (Å²) in [6.07, 6.45) is 1.14. The predicted octanol–water partition coefficient (Wildman–Crippen LogP) is 4.00. The molecule has 1 aromatic carbocycles. The van der Waals surface area contributed by atoms with Crippen LogP contribution in [0.4, 0.5) is 13.2 Å². The van der Waals surface area contributed by atoms with Crippen molar-refractivity contribution in [3.05, 3.63) is 76.1 Å². The number of morpholine rings is 1. The average Bonchev–Trinajstić information content (AvgIpc) is 3.42. The maximum absolute atomic E-state index is 14.2. The van der Waals surface area contributed by atoms with Gasteiger partial charge in [0.15, 0.2) is 0 Å². The van der Waals surface area contributed by atoms with Gasteiger partial charge in [-0.2, -0.15) is 13.2 Å². The lowest BCUT2D eigenvalue weighted by molar-refractivity contribution is -0.478. The molecule has 5 heterocycles. The van der Waals surface area contributed by atoms with E-state index in [1.807, 2.05) is 43.7 Å². The topological polar surface area (TPSA) is 75.8 Å². The van der Waals surface area contributed by atoms with Crippen LogP contribution in [0.15, 0.2) is 57.7 Å². The number of azo groups is 1. The molecule has 3 aromatic rings. The number of ether oxygens (including phenoxy) is 2. The summed E-state index contributed by atoms with van der Waals surface area (Å²) in [5.74, 6) is 0. The summed E-state index contributed by atoms with van der Waals surface area (Å²) in [4.78, 5) is 15.6. The van der Waals surface area contributed by atoms with Crippen molar-refractivity contribution in [3.8, 4) is 5.69 Å². The van der Waals surface area contributed by atoms with Gasteiger partial charge in [0, 0.05) is 43.9 Å². The van der Waals surface area contributed by atoms with Gasteiger partial charge in [0.05, 0.1) is 54.4 Å². The Labute approximate surface area is 229 Å². The van der Waals surface area contributed by atoms with Crippen LogP contribution >= 0.6 is 0 Å². The molecule has 0 amide bonds. The highest BCUT2D eigenvalue weighted by Crippen LogP contribution is 2.41. The third-order valence-electron chi connectivity index (χ3n) is 7.83. The highest BCUT2D eigenvalue weighted by molar-refractivity contribution is 5.58. The average molecular weight is 557 g/mol. The van der Waals surface area contributed by atoms with Gasteiger partial charge in [-0.1, -0.05) is 12.1 Å². The lowest BCUT2D eigenvalue weighted by Gasteiger charge is -2.42. The minimum atomic E-state index is -4.63. The maximum Gasteiger partial charge on any atom is 0.418 e. The summed E-state index contributed by atoms with van der Waals surface area (Å²) in [5.41, 5.74) is -0.112. The van der Waals surface area contributed by atoms with Gasteiger partial charge in [0.1, 0.15) is 0 Å². The van der Waals surface area contributed by atoms with Crippen LogP contribution in [0.3, 0.4) is 0 Å². The van der Waals surface area contributed by atoms with Gasteiger partial charge in [-0.05, 0) is 48.3 Å². The van der Waals surface area contributed by atoms with Crippen LogP contribution in [0.1, 0.15) is 37.0 Å². The van der Waals surface area contributed by atoms with Crippen molar-refractivity contribution in [1.82, 2.24) is 13.9 Å². The number of hydrogen-bond acceptors (Lipinski definition) is 6. The van der Waals surface area contributed by atoms with E-state index in [-0.39, 0.29) is 29.7 Å². The van der Waals surface area contributed by atoms with Crippen molar-refractivity contribution in [1.29, 1.82) is 0 Å². The summed E-state index contributed by atoms with van der Waals surface area (Å²) in [6, 6.07) is 8.50. The number of benzene rings is 1. The summed E-state index contributed by atoms with van der Waals surface area (Å²) in [7, 11) is 1.87. The molecule has 0 aliphatic carbocycles. The smallest absolute Gasteiger partial charge is 0.379 e. The SMILES string of the molecule is C[C@@H]1CN(Cc2cc(C(F)(F)F)c3cn(-c4cccc(C5(C[C]6N=NC=[N+]6C)COC5)c4)c(=O)n3c2)C[C@@H](C)O1. The molecule has 0 N–H and O–H groups in total. The Morgan fingerprint density at radius 2 is 1.88 bits per heavy atom. The maximum atomic E-state index is 14.2. The second kappa shape index (κ2) is 9.93. The zero-order valence-electron chi connectivity index (χ0n) is 22.6. The molecule has 0 bridgehead atoms. The van der Waals surface area contributed by atoms with E-state index in [0.717, 1.165) is 22.2 Å². The zero-order valence-corrected chi connectivity index (χ0v) is 22.6. The Morgan fingerprint density at radius 3 is 2.50 bits per heavy atom. The number of halogens is 3. The molecule has 2 fully saturated rings. The summed E-state index contributed by atoms with van der Waals surface area (Å²) in [5, 5.41) is 8.17. The molecule has 40 heavy (non-hydrogen) atoms. The van der Waals surface area contributed by atoms with Crippen molar-refractivity contribution in [2.75, 3.05) is 33.4 Å². The van der Waals surface area contributed by atoms with Crippen molar-refractivity contribution in [2.45, 2.75) is 50.6 Å². The van der Waals surface area contributed by atoms with E-state index in [1.165, 1.54) is 17.0 Å². The molecule has 2 aromatic heterocycles. The van der Waals surface area contributed by atoms with E-state index < -0.39 is 17.4 Å². The van der Waals surface area contributed by atoms with E-state index in [0.29, 0.717) is 44.0 Å². The minimum Gasteiger partial charge on any atom is -0.379 e. The van der Waals surface area contributed by atoms with Gasteiger partial charge in [-0.15, -0.1) is 0 Å². The lowest BCUT2D eigenvalue weighted by Crippen LogP contribution is -2.48. The molecule has 0 unspecified atom stereocenters. The molecule has 12 heteroatoms. The van der Waals surface area contributed by atoms with Crippen LogP contribution in [-0.4, -0.2) is 70.3 Å². The standard InChI is InChI=1S/C28H31F3N6O3/c1-18-10-35(11-19(2)40-18)12-20-7-23(28(29,30)31)24-14-36(26(38)37(24)13-20)22-6-4-5-21(8-22)27(15-39-16-27)9-25-33-32-17-34(25)3/h4-8,13-14,17-19H,9-12,15-16H2,1-3H3/q+1/t18-,19-/m1/s1. The third kappa shape index (κ3) is 4.88. The van der Waals surface area contributed by atoms with E-state index in [2.05, 4.69) is 15.1 Å². The summed E-state index contributed by atoms with van der Waals surface area (Å²) in [6.45, 7) is 6.32. The first-order valence-corrected chi connectivity index (χ1v) is 13.3. The van der Waals surface area contributed by atoms with Gasteiger partial charge in [0.25, 0.3) is 0 Å². The fraction of sp³-hybridized carbons (Fsp3) is 0.464. The number of alkyl halides is 3. The molecule has 2 atom stereocenters. The van der Waals surface area contributed by atoms with E-state index >= 15 is 0 Å². The highest BCUT2D eigenvalue weighted by atomic mass is 19.4. The number of hydrogen-bond donors (Lipinski definition) is 0. The monoisotopic (exact) mass is 556 g/mol. The normalized spacial score (nSPS) is 23.5. The number of pyridine rings is 1. The van der Waals surface area contributed by atoms with Gasteiger partial charge in [0.2, 0.25) is 0 Å². The van der Waals surface area contributed by atoms with Gasteiger partial charge in [-0.25, -0.2) is 9.37 Å². The van der Waals surface area contributed by atoms with Crippen molar-refractivity contribution in [3.63, 3.8) is 0 Å². The van der Waals surface area contributed by atoms with Gasteiger partial charge in [-0.3, -0.25) is 13.9 Å². The highest BCUT2D eigenvalue weighted by Gasteiger charge is 2.46. The Kier molecular flexibility index (Phi) is 6.67. The first-order valence-electron chi connectivity index (χ1n) is 13.3. The Balaban J connectivity index is 1.38. The lowest BCUT2D eigenvalue weighted by atomic mass is 9.75. The van der Waals surface area contributed by atoms with Crippen LogP contribution in [0, 0.1) is 6.17 Å². The molecule has 3 aliphatic heterocycles. The zero-order chi connectivity index (χ0) is 28.2. The molecular weight excluding hydrogens is 525 g/mol. The largest absolute Gasteiger partial charge is 0.418 e. The number of nitrogens with zero attached hydrogens (tertiary/aromatic N) is 6. The van der Waals surface area contributed by atoms with Crippen molar-refractivity contribution in [2.24, 2.45) is 10.2 Å². The molecule has 3 aliphatic rings. The van der Waals surface area contributed by atoms with E-state index in [9.17, 15) is 18.0 Å². The molecule has 6 rings (SSSR count). The molecule has 0 saturated carbocycles. The van der Waals surface area contributed by atoms with E-state index in [1.54, 1.807) is 12.4 Å². The minimum absolute atomic E-state index is 0.0244. The molecule has 2 saturated heterocycles. The molecular formula is C28H31F3N6O3+. The van der Waals surface area contributed by atoms with Gasteiger partial charge < -0.3 is 9.47 Å². The van der Waals surface area contributed by atoms with E-state index in [4.69, 9.17) is 9.47 Å². The second-order valence-electron chi connectivity index (χ2n) is 11.1. The fourth-order valence-electron chi connectivity index (χ4n) is 5.89. The summed E-state index contributed by atoms with van der Waals surface area (Å²) < 4.78 is 58.3. The van der Waals surface area contributed by atoms with Crippen LogP contribution in [0.5, 0.6) is 0 Å². The quantitative estimate of drug-likeness (QED) is 0.430. The van der Waals surface area contributed by atoms with Crippen molar-refractivity contribution < 1.29 is 27.2 Å². The van der Waals surface area contributed by atoms with Crippen molar-refractivity contribution >= 4 is 11.9 Å².